The molecule has 2 heterocycles. The lowest BCUT2D eigenvalue weighted by molar-refractivity contribution is 0.262. The number of carbonyl (C=O) groups is 1. The predicted octanol–water partition coefficient (Wildman–Crippen LogP) is 1.35. The number of urea groups is 1. The van der Waals surface area contributed by atoms with Gasteiger partial charge in [-0.05, 0) is 35.5 Å². The van der Waals surface area contributed by atoms with Crippen molar-refractivity contribution in [2.45, 2.75) is 6.92 Å². The second-order valence-electron chi connectivity index (χ2n) is 4.59. The van der Waals surface area contributed by atoms with Crippen molar-refractivity contribution in [2.24, 2.45) is 0 Å². The highest BCUT2D eigenvalue weighted by Crippen LogP contribution is 2.26. The monoisotopic (exact) mass is 314 g/mol. The number of rotatable bonds is 4. The SMILES string of the molecule is COc1ccc(NC(=O)Nc2cn[nH]c2)cc1-n1nnnc1C. The standard InChI is InChI=1S/C13H14N8O2/c1-8-18-19-20-21(8)11-5-9(3-4-12(11)23-2)16-13(22)17-10-6-14-15-7-10/h3-7H,1-2H3,(H,14,15)(H2,16,17,22). The van der Waals surface area contributed by atoms with E-state index in [4.69, 9.17) is 4.74 Å². The zero-order valence-corrected chi connectivity index (χ0v) is 12.4. The number of H-pyrrole nitrogens is 1. The van der Waals surface area contributed by atoms with Crippen molar-refractivity contribution in [1.29, 1.82) is 0 Å². The second kappa shape index (κ2) is 6.13. The predicted molar refractivity (Wildman–Crippen MR) is 81.7 cm³/mol. The molecule has 0 radical (unpaired) electrons. The highest BCUT2D eigenvalue weighted by Gasteiger charge is 2.12. The van der Waals surface area contributed by atoms with Crippen LogP contribution in [0, 0.1) is 6.92 Å². The van der Waals surface area contributed by atoms with Crippen LogP contribution in [-0.2, 0) is 0 Å². The summed E-state index contributed by atoms with van der Waals surface area (Å²) >= 11 is 0. The summed E-state index contributed by atoms with van der Waals surface area (Å²) in [6, 6.07) is 4.77. The molecule has 0 aliphatic heterocycles. The number of aryl methyl sites for hydroxylation is 1. The molecular weight excluding hydrogens is 300 g/mol. The smallest absolute Gasteiger partial charge is 0.323 e. The fourth-order valence-electron chi connectivity index (χ4n) is 2.00. The summed E-state index contributed by atoms with van der Waals surface area (Å²) in [5.74, 6) is 1.18. The number of benzene rings is 1. The van der Waals surface area contributed by atoms with Crippen LogP contribution in [0.4, 0.5) is 16.2 Å². The molecule has 3 rings (SSSR count). The third-order valence-corrected chi connectivity index (χ3v) is 3.05. The zero-order valence-electron chi connectivity index (χ0n) is 12.4. The Morgan fingerprint density at radius 3 is 2.78 bits per heavy atom. The first-order valence-electron chi connectivity index (χ1n) is 6.67. The lowest BCUT2D eigenvalue weighted by Gasteiger charge is -2.12. The number of aromatic nitrogens is 6. The van der Waals surface area contributed by atoms with Crippen molar-refractivity contribution < 1.29 is 9.53 Å². The number of carbonyl (C=O) groups excluding carboxylic acids is 1. The Morgan fingerprint density at radius 1 is 1.30 bits per heavy atom. The molecule has 1 aromatic carbocycles. The van der Waals surface area contributed by atoms with Crippen molar-refractivity contribution >= 4 is 17.4 Å². The zero-order chi connectivity index (χ0) is 16.2. The third-order valence-electron chi connectivity index (χ3n) is 3.05. The van der Waals surface area contributed by atoms with E-state index in [0.29, 0.717) is 28.6 Å². The van der Waals surface area contributed by atoms with E-state index in [1.54, 1.807) is 38.4 Å². The maximum absolute atomic E-state index is 12.0. The van der Waals surface area contributed by atoms with Crippen LogP contribution in [0.15, 0.2) is 30.6 Å². The molecule has 118 valence electrons. The summed E-state index contributed by atoms with van der Waals surface area (Å²) in [5, 5.41) is 23.1. The van der Waals surface area contributed by atoms with Gasteiger partial charge in [0.15, 0.2) is 5.82 Å². The van der Waals surface area contributed by atoms with Crippen molar-refractivity contribution in [3.63, 3.8) is 0 Å². The number of nitrogens with one attached hydrogen (secondary N) is 3. The molecule has 3 aromatic rings. The Balaban J connectivity index is 1.83. The summed E-state index contributed by atoms with van der Waals surface area (Å²) in [6.45, 7) is 1.77. The maximum Gasteiger partial charge on any atom is 0.323 e. The van der Waals surface area contributed by atoms with Gasteiger partial charge in [-0.2, -0.15) is 9.78 Å². The first-order chi connectivity index (χ1) is 11.2. The Morgan fingerprint density at radius 2 is 2.13 bits per heavy atom. The largest absolute Gasteiger partial charge is 0.494 e. The summed E-state index contributed by atoms with van der Waals surface area (Å²) in [4.78, 5) is 12.0. The number of tetrazole rings is 1. The van der Waals surface area contributed by atoms with Gasteiger partial charge in [0.2, 0.25) is 0 Å². The van der Waals surface area contributed by atoms with Crippen LogP contribution in [0.2, 0.25) is 0 Å². The number of ether oxygens (including phenoxy) is 1. The van der Waals surface area contributed by atoms with Gasteiger partial charge in [-0.15, -0.1) is 5.10 Å². The molecule has 0 atom stereocenters. The van der Waals surface area contributed by atoms with Crippen molar-refractivity contribution in [3.05, 3.63) is 36.4 Å². The van der Waals surface area contributed by atoms with E-state index < -0.39 is 6.03 Å². The molecule has 23 heavy (non-hydrogen) atoms. The van der Waals surface area contributed by atoms with Gasteiger partial charge in [0.25, 0.3) is 0 Å². The first kappa shape index (κ1) is 14.5. The van der Waals surface area contributed by atoms with E-state index in [0.717, 1.165) is 0 Å². The van der Waals surface area contributed by atoms with E-state index in [2.05, 4.69) is 36.4 Å². The molecule has 0 aliphatic rings. The summed E-state index contributed by atoms with van der Waals surface area (Å²) in [7, 11) is 1.55. The number of methoxy groups -OCH3 is 1. The lowest BCUT2D eigenvalue weighted by Crippen LogP contribution is -2.19. The van der Waals surface area contributed by atoms with E-state index in [9.17, 15) is 4.79 Å². The highest BCUT2D eigenvalue weighted by atomic mass is 16.5. The van der Waals surface area contributed by atoms with E-state index >= 15 is 0 Å². The molecule has 0 aliphatic carbocycles. The van der Waals surface area contributed by atoms with Crippen LogP contribution < -0.4 is 15.4 Å². The van der Waals surface area contributed by atoms with Crippen LogP contribution in [0.5, 0.6) is 5.75 Å². The lowest BCUT2D eigenvalue weighted by atomic mass is 10.2. The van der Waals surface area contributed by atoms with Gasteiger partial charge in [-0.25, -0.2) is 4.79 Å². The Kier molecular flexibility index (Phi) is 3.87. The fraction of sp³-hybridized carbons (Fsp3) is 0.154. The molecule has 0 unspecified atom stereocenters. The molecule has 0 bridgehead atoms. The van der Waals surface area contributed by atoms with Crippen LogP contribution >= 0.6 is 0 Å². The Bertz CT molecular complexity index is 811. The molecule has 2 amide bonds. The molecule has 0 spiro atoms. The average molecular weight is 314 g/mol. The van der Waals surface area contributed by atoms with Crippen LogP contribution in [0.3, 0.4) is 0 Å². The van der Waals surface area contributed by atoms with Crippen LogP contribution in [0.1, 0.15) is 5.82 Å². The van der Waals surface area contributed by atoms with Gasteiger partial charge in [0, 0.05) is 11.9 Å². The molecule has 3 N–H and O–H groups in total. The van der Waals surface area contributed by atoms with Gasteiger partial charge < -0.3 is 15.4 Å². The highest BCUT2D eigenvalue weighted by molar-refractivity contribution is 5.99. The normalized spacial score (nSPS) is 10.3. The average Bonchev–Trinajstić information content (AvgIpc) is 3.18. The first-order valence-corrected chi connectivity index (χ1v) is 6.67. The van der Waals surface area contributed by atoms with Gasteiger partial charge in [0.05, 0.1) is 19.0 Å². The van der Waals surface area contributed by atoms with Crippen molar-refractivity contribution in [2.75, 3.05) is 17.7 Å². The molecule has 0 saturated carbocycles. The molecule has 0 saturated heterocycles. The molecule has 10 nitrogen and oxygen atoms in total. The minimum atomic E-state index is -0.393. The minimum Gasteiger partial charge on any atom is -0.494 e. The quantitative estimate of drug-likeness (QED) is 0.668. The third kappa shape index (κ3) is 3.10. The number of aromatic amines is 1. The molecule has 2 aromatic heterocycles. The van der Waals surface area contributed by atoms with Crippen molar-refractivity contribution in [3.8, 4) is 11.4 Å². The molecular formula is C13H14N8O2. The van der Waals surface area contributed by atoms with Gasteiger partial charge in [0.1, 0.15) is 11.4 Å². The number of anilines is 2. The number of nitrogens with zero attached hydrogens (tertiary/aromatic N) is 5. The molecule has 0 fully saturated rings. The topological polar surface area (TPSA) is 123 Å². The Hall–Kier alpha value is -3.43. The summed E-state index contributed by atoms with van der Waals surface area (Å²) in [5.41, 5.74) is 1.75. The van der Waals surface area contributed by atoms with Crippen molar-refractivity contribution in [1.82, 2.24) is 30.4 Å². The van der Waals surface area contributed by atoms with E-state index in [1.807, 2.05) is 0 Å². The summed E-state index contributed by atoms with van der Waals surface area (Å²) < 4.78 is 6.84. The van der Waals surface area contributed by atoms with Gasteiger partial charge in [-0.1, -0.05) is 0 Å². The number of hydrogen-bond acceptors (Lipinski definition) is 6. The van der Waals surface area contributed by atoms with Crippen LogP contribution in [-0.4, -0.2) is 43.5 Å². The second-order valence-corrected chi connectivity index (χ2v) is 4.59. The van der Waals surface area contributed by atoms with E-state index in [-0.39, 0.29) is 0 Å². The molecule has 10 heteroatoms. The number of amides is 2. The minimum absolute atomic E-state index is 0.393. The van der Waals surface area contributed by atoms with Crippen LogP contribution in [0.25, 0.3) is 5.69 Å². The van der Waals surface area contributed by atoms with Gasteiger partial charge in [-0.3, -0.25) is 5.10 Å². The maximum atomic E-state index is 12.0. The summed E-state index contributed by atoms with van der Waals surface area (Å²) in [6.07, 6.45) is 3.08. The van der Waals surface area contributed by atoms with Gasteiger partial charge >= 0.3 is 6.03 Å². The van der Waals surface area contributed by atoms with E-state index in [1.165, 1.54) is 10.9 Å². The number of hydrogen-bond donors (Lipinski definition) is 3. The fourth-order valence-corrected chi connectivity index (χ4v) is 2.00. The Labute approximate surface area is 130 Å².